The number of unbranched alkanes of at least 4 members (excludes halogenated alkanes) is 15. The molecule has 1 aromatic carbocycles. The van der Waals surface area contributed by atoms with Gasteiger partial charge in [-0.3, -0.25) is 4.89 Å². The van der Waals surface area contributed by atoms with E-state index in [9.17, 15) is 9.59 Å². The Morgan fingerprint density at radius 3 is 1.60 bits per heavy atom. The van der Waals surface area contributed by atoms with Crippen LogP contribution in [0.1, 0.15) is 127 Å². The molecule has 0 aromatic heterocycles. The molecule has 0 aliphatic carbocycles. The molecule has 0 saturated heterocycles. The third-order valence-corrected chi connectivity index (χ3v) is 5.83. The quantitative estimate of drug-likeness (QED) is 0.0691. The lowest BCUT2D eigenvalue weighted by atomic mass is 10.0. The van der Waals surface area contributed by atoms with Crippen LogP contribution in [0.15, 0.2) is 24.3 Å². The van der Waals surface area contributed by atoms with Crippen LogP contribution in [0.2, 0.25) is 0 Å². The summed E-state index contributed by atoms with van der Waals surface area (Å²) in [6.45, 7) is 4.91. The summed E-state index contributed by atoms with van der Waals surface area (Å²) in [5, 5.41) is 4.22. The summed E-state index contributed by atoms with van der Waals surface area (Å²) in [4.78, 5) is 32.0. The zero-order valence-corrected chi connectivity index (χ0v) is 21.9. The maximum atomic E-state index is 11.8. The fraction of sp³-hybridized carbons (Fsp3) is 0.714. The lowest BCUT2D eigenvalue weighted by molar-refractivity contribution is -0.452. The molecule has 0 N–H and O–H groups in total. The Morgan fingerprint density at radius 1 is 0.629 bits per heavy atom. The van der Waals surface area contributed by atoms with Crippen LogP contribution >= 0.6 is 0 Å². The van der Waals surface area contributed by atoms with E-state index in [1.807, 2.05) is 6.92 Å². The van der Waals surface area contributed by atoms with Gasteiger partial charge in [-0.1, -0.05) is 103 Å². The Balaban J connectivity index is 1.85. The lowest BCUT2D eigenvalue weighted by Gasteiger charge is -2.05. The molecule has 0 saturated carbocycles. The van der Waals surface area contributed by atoms with Gasteiger partial charge in [0.1, 0.15) is 5.75 Å². The number of benzene rings is 1. The van der Waals surface area contributed by atoms with Gasteiger partial charge in [0.15, 0.2) is 0 Å². The van der Waals surface area contributed by atoms with Crippen molar-refractivity contribution >= 4 is 12.1 Å². The maximum absolute atomic E-state index is 11.8. The monoisotopic (exact) mass is 494 g/mol. The van der Waals surface area contributed by atoms with Crippen molar-refractivity contribution in [2.75, 3.05) is 13.2 Å². The zero-order chi connectivity index (χ0) is 25.4. The predicted molar refractivity (Wildman–Crippen MR) is 136 cm³/mol. The van der Waals surface area contributed by atoms with E-state index in [0.29, 0.717) is 12.4 Å². The summed E-state index contributed by atoms with van der Waals surface area (Å²) in [5.74, 6) is -0.155. The second-order valence-electron chi connectivity index (χ2n) is 8.88. The molecule has 0 unspecified atom stereocenters. The van der Waals surface area contributed by atoms with E-state index in [1.54, 1.807) is 12.1 Å². The van der Waals surface area contributed by atoms with E-state index in [-0.39, 0.29) is 12.2 Å². The molecule has 0 fully saturated rings. The van der Waals surface area contributed by atoms with Crippen molar-refractivity contribution in [3.05, 3.63) is 29.8 Å². The molecule has 200 valence electrons. The summed E-state index contributed by atoms with van der Waals surface area (Å²) in [7, 11) is 0. The molecule has 7 nitrogen and oxygen atoms in total. The molecule has 0 spiro atoms. The fourth-order valence-electron chi connectivity index (χ4n) is 3.81. The zero-order valence-electron chi connectivity index (χ0n) is 21.9. The number of carbonyl (C=O) groups is 2. The van der Waals surface area contributed by atoms with Gasteiger partial charge in [0.05, 0.1) is 23.8 Å². The van der Waals surface area contributed by atoms with Crippen LogP contribution in [-0.2, 0) is 19.6 Å². The van der Waals surface area contributed by atoms with Crippen molar-refractivity contribution in [3.63, 3.8) is 0 Å². The second-order valence-corrected chi connectivity index (χ2v) is 8.88. The molecule has 0 aliphatic rings. The van der Waals surface area contributed by atoms with E-state index in [1.165, 1.54) is 95.6 Å². The van der Waals surface area contributed by atoms with Crippen LogP contribution in [0.25, 0.3) is 0 Å². The normalized spacial score (nSPS) is 10.7. The highest BCUT2D eigenvalue weighted by Gasteiger charge is 2.12. The Labute approximate surface area is 211 Å². The topological polar surface area (TPSA) is 80.3 Å². The maximum Gasteiger partial charge on any atom is 0.543 e. The Bertz CT molecular complexity index is 645. The molecule has 0 radical (unpaired) electrons. The molecule has 0 heterocycles. The van der Waals surface area contributed by atoms with Crippen LogP contribution in [0.3, 0.4) is 0 Å². The largest absolute Gasteiger partial charge is 0.543 e. The molecule has 35 heavy (non-hydrogen) atoms. The summed E-state index contributed by atoms with van der Waals surface area (Å²) in [6, 6.07) is 6.30. The number of carbonyl (C=O) groups excluding carboxylic acids is 2. The minimum atomic E-state index is -1.04. The van der Waals surface area contributed by atoms with Crippen LogP contribution in [0.4, 0.5) is 4.79 Å². The smallest absolute Gasteiger partial charge is 0.494 e. The van der Waals surface area contributed by atoms with E-state index < -0.39 is 12.1 Å². The molecular formula is C28H46O7. The molecule has 0 bridgehead atoms. The van der Waals surface area contributed by atoms with E-state index in [4.69, 9.17) is 9.47 Å². The van der Waals surface area contributed by atoms with Crippen LogP contribution < -0.4 is 4.74 Å². The third kappa shape index (κ3) is 17.8. The average molecular weight is 495 g/mol. The summed E-state index contributed by atoms with van der Waals surface area (Å²) in [5.41, 5.74) is 0.235. The van der Waals surface area contributed by atoms with Gasteiger partial charge in [-0.05, 0) is 37.6 Å². The molecule has 0 atom stereocenters. The van der Waals surface area contributed by atoms with Crippen molar-refractivity contribution in [1.29, 1.82) is 0 Å². The van der Waals surface area contributed by atoms with Gasteiger partial charge in [0, 0.05) is 0 Å². The van der Waals surface area contributed by atoms with E-state index in [2.05, 4.69) is 21.7 Å². The Morgan fingerprint density at radius 2 is 1.11 bits per heavy atom. The van der Waals surface area contributed by atoms with Crippen molar-refractivity contribution in [3.8, 4) is 5.75 Å². The van der Waals surface area contributed by atoms with Gasteiger partial charge in [0.2, 0.25) is 0 Å². The molecular weight excluding hydrogens is 448 g/mol. The number of hydrogen-bond donors (Lipinski definition) is 0. The fourth-order valence-corrected chi connectivity index (χ4v) is 3.81. The first-order chi connectivity index (χ1) is 17.2. The third-order valence-electron chi connectivity index (χ3n) is 5.83. The van der Waals surface area contributed by atoms with Crippen molar-refractivity contribution in [2.45, 2.75) is 117 Å². The molecule has 7 heteroatoms. The highest BCUT2D eigenvalue weighted by Crippen LogP contribution is 2.14. The highest BCUT2D eigenvalue weighted by atomic mass is 17.5. The van der Waals surface area contributed by atoms with Gasteiger partial charge in [-0.15, -0.1) is 0 Å². The first-order valence-electron chi connectivity index (χ1n) is 13.6. The predicted octanol–water partition coefficient (Wildman–Crippen LogP) is 8.50. The molecule has 1 rings (SSSR count). The van der Waals surface area contributed by atoms with E-state index >= 15 is 0 Å². The van der Waals surface area contributed by atoms with Crippen LogP contribution in [0.5, 0.6) is 5.75 Å². The van der Waals surface area contributed by atoms with Crippen molar-refractivity contribution in [2.24, 2.45) is 0 Å². The van der Waals surface area contributed by atoms with Crippen molar-refractivity contribution in [1.82, 2.24) is 0 Å². The Hall–Kier alpha value is -2.28. The average Bonchev–Trinajstić information content (AvgIpc) is 2.86. The van der Waals surface area contributed by atoms with Gasteiger partial charge in [-0.25, -0.2) is 14.5 Å². The molecule has 0 aliphatic heterocycles. The first kappa shape index (κ1) is 30.8. The minimum absolute atomic E-state index is 0.235. The molecule has 0 amide bonds. The Kier molecular flexibility index (Phi) is 19.5. The standard InChI is InChI=1S/C28H46O7/c1-3-5-6-7-8-9-10-11-12-13-14-15-16-17-18-19-24-32-28(30)34-35-33-27(29)25-20-22-26(23-21-25)31-4-2/h20-23H,3-19,24H2,1-2H3. The SMILES string of the molecule is CCCCCCCCCCCCCCCCCCOC(=O)OOOC(=O)c1ccc(OCC)cc1. The number of hydrogen-bond acceptors (Lipinski definition) is 7. The first-order valence-corrected chi connectivity index (χ1v) is 13.6. The van der Waals surface area contributed by atoms with Gasteiger partial charge in [0.25, 0.3) is 0 Å². The highest BCUT2D eigenvalue weighted by molar-refractivity contribution is 5.89. The van der Waals surface area contributed by atoms with Crippen LogP contribution in [0, 0.1) is 0 Å². The van der Waals surface area contributed by atoms with E-state index in [0.717, 1.165) is 19.3 Å². The lowest BCUT2D eigenvalue weighted by Crippen LogP contribution is -2.12. The minimum Gasteiger partial charge on any atom is -0.494 e. The van der Waals surface area contributed by atoms with Gasteiger partial charge >= 0.3 is 12.1 Å². The van der Waals surface area contributed by atoms with Crippen LogP contribution in [-0.4, -0.2) is 25.3 Å². The number of rotatable bonds is 22. The number of ether oxygens (including phenoxy) is 2. The van der Waals surface area contributed by atoms with Gasteiger partial charge < -0.3 is 9.47 Å². The summed E-state index contributed by atoms with van der Waals surface area (Å²) >= 11 is 0. The van der Waals surface area contributed by atoms with Crippen molar-refractivity contribution < 1.29 is 33.9 Å². The van der Waals surface area contributed by atoms with Gasteiger partial charge in [-0.2, -0.15) is 0 Å². The summed E-state index contributed by atoms with van der Waals surface area (Å²) in [6.07, 6.45) is 19.5. The molecule has 1 aromatic rings. The summed E-state index contributed by atoms with van der Waals surface area (Å²) < 4.78 is 10.2. The second kappa shape index (κ2) is 22.2.